The summed E-state index contributed by atoms with van der Waals surface area (Å²) in [5.41, 5.74) is 6.26. The second-order valence-corrected chi connectivity index (χ2v) is 3.45. The van der Waals surface area contributed by atoms with Gasteiger partial charge < -0.3 is 10.5 Å². The summed E-state index contributed by atoms with van der Waals surface area (Å²) in [6, 6.07) is 11.2. The number of nitrogens with two attached hydrogens (primary N) is 1. The van der Waals surface area contributed by atoms with E-state index in [4.69, 9.17) is 21.0 Å². The number of benzene rings is 1. The molecule has 17 heavy (non-hydrogen) atoms. The maximum Gasteiger partial charge on any atom is 0.121 e. The lowest BCUT2D eigenvalue weighted by Gasteiger charge is -2.15. The van der Waals surface area contributed by atoms with Crippen LogP contribution in [-0.2, 0) is 0 Å². The van der Waals surface area contributed by atoms with Gasteiger partial charge in [0.05, 0.1) is 25.2 Å². The lowest BCUT2D eigenvalue weighted by molar-refractivity contribution is 0.239. The van der Waals surface area contributed by atoms with E-state index in [1.165, 1.54) is 0 Å². The van der Waals surface area contributed by atoms with Crippen LogP contribution in [-0.4, -0.2) is 31.1 Å². The van der Waals surface area contributed by atoms with Gasteiger partial charge in [-0.15, -0.1) is 0 Å². The molecule has 0 saturated heterocycles. The largest absolute Gasteiger partial charge is 0.492 e. The van der Waals surface area contributed by atoms with Gasteiger partial charge in [0.25, 0.3) is 0 Å². The van der Waals surface area contributed by atoms with Gasteiger partial charge in [-0.05, 0) is 12.1 Å². The van der Waals surface area contributed by atoms with Crippen LogP contribution >= 0.6 is 0 Å². The van der Waals surface area contributed by atoms with Crippen LogP contribution in [0.25, 0.3) is 0 Å². The molecule has 0 atom stereocenters. The Kier molecular flexibility index (Phi) is 5.36. The first-order valence-corrected chi connectivity index (χ1v) is 5.21. The van der Waals surface area contributed by atoms with Gasteiger partial charge in [0.1, 0.15) is 12.4 Å². The van der Waals surface area contributed by atoms with Crippen molar-refractivity contribution in [1.82, 2.24) is 4.90 Å². The molecule has 0 aliphatic heterocycles. The van der Waals surface area contributed by atoms with Gasteiger partial charge in [-0.1, -0.05) is 6.07 Å². The van der Waals surface area contributed by atoms with Crippen LogP contribution in [0.4, 0.5) is 5.69 Å². The lowest BCUT2D eigenvalue weighted by Crippen LogP contribution is -2.29. The molecule has 5 nitrogen and oxygen atoms in total. The topological polar surface area (TPSA) is 86.1 Å². The van der Waals surface area contributed by atoms with Gasteiger partial charge in [0.15, 0.2) is 0 Å². The molecule has 0 heterocycles. The molecule has 0 saturated carbocycles. The predicted octanol–water partition coefficient (Wildman–Crippen LogP) is 0.997. The highest BCUT2D eigenvalue weighted by molar-refractivity contribution is 5.43. The number of rotatable bonds is 6. The third-order valence-corrected chi connectivity index (χ3v) is 2.12. The molecule has 0 aliphatic carbocycles. The predicted molar refractivity (Wildman–Crippen MR) is 64.0 cm³/mol. The molecule has 0 spiro atoms. The normalized spacial score (nSPS) is 9.59. The Hall–Kier alpha value is -2.24. The zero-order chi connectivity index (χ0) is 12.5. The fraction of sp³-hybridized carbons (Fsp3) is 0.333. The van der Waals surface area contributed by atoms with Crippen molar-refractivity contribution >= 4 is 5.69 Å². The fourth-order valence-corrected chi connectivity index (χ4v) is 1.31. The average molecular weight is 230 g/mol. The van der Waals surface area contributed by atoms with Crippen LogP contribution in [0.1, 0.15) is 0 Å². The Morgan fingerprint density at radius 2 is 1.94 bits per heavy atom. The van der Waals surface area contributed by atoms with E-state index in [9.17, 15) is 0 Å². The highest BCUT2D eigenvalue weighted by Crippen LogP contribution is 2.14. The SMILES string of the molecule is N#CCN(CC#N)CCOc1cccc(N)c1. The Morgan fingerprint density at radius 1 is 1.24 bits per heavy atom. The third kappa shape index (κ3) is 4.87. The molecule has 1 aromatic rings. The molecule has 5 heteroatoms. The van der Waals surface area contributed by atoms with E-state index in [2.05, 4.69) is 0 Å². The number of hydrogen-bond acceptors (Lipinski definition) is 5. The van der Waals surface area contributed by atoms with Crippen molar-refractivity contribution in [3.63, 3.8) is 0 Å². The first-order valence-electron chi connectivity index (χ1n) is 5.21. The van der Waals surface area contributed by atoms with Gasteiger partial charge in [-0.2, -0.15) is 10.5 Å². The molecule has 0 aromatic heterocycles. The molecule has 88 valence electrons. The van der Waals surface area contributed by atoms with E-state index in [1.807, 2.05) is 24.3 Å². The molecular formula is C12H14N4O. The van der Waals surface area contributed by atoms with E-state index in [0.29, 0.717) is 24.6 Å². The monoisotopic (exact) mass is 230 g/mol. The van der Waals surface area contributed by atoms with Crippen molar-refractivity contribution in [3.05, 3.63) is 24.3 Å². The minimum absolute atomic E-state index is 0.230. The number of nitriles is 2. The highest BCUT2D eigenvalue weighted by Gasteiger charge is 2.03. The maximum absolute atomic E-state index is 8.56. The first-order chi connectivity index (χ1) is 8.26. The van der Waals surface area contributed by atoms with Crippen LogP contribution < -0.4 is 10.5 Å². The van der Waals surface area contributed by atoms with Gasteiger partial charge in [0, 0.05) is 18.3 Å². The number of ether oxygens (including phenoxy) is 1. The van der Waals surface area contributed by atoms with Crippen molar-refractivity contribution in [1.29, 1.82) is 10.5 Å². The third-order valence-electron chi connectivity index (χ3n) is 2.12. The zero-order valence-corrected chi connectivity index (χ0v) is 9.47. The quantitative estimate of drug-likeness (QED) is 0.582. The van der Waals surface area contributed by atoms with Crippen LogP contribution in [0.3, 0.4) is 0 Å². The second kappa shape index (κ2) is 7.10. The molecule has 0 unspecified atom stereocenters. The summed E-state index contributed by atoms with van der Waals surface area (Å²) in [4.78, 5) is 1.71. The Bertz CT molecular complexity index is 417. The van der Waals surface area contributed by atoms with Crippen molar-refractivity contribution in [2.45, 2.75) is 0 Å². The number of nitrogens with zero attached hydrogens (tertiary/aromatic N) is 3. The van der Waals surface area contributed by atoms with Gasteiger partial charge in [-0.3, -0.25) is 4.90 Å². The summed E-state index contributed by atoms with van der Waals surface area (Å²) in [6.45, 7) is 1.42. The number of nitrogen functional groups attached to an aromatic ring is 1. The summed E-state index contributed by atoms with van der Waals surface area (Å²) >= 11 is 0. The van der Waals surface area contributed by atoms with Gasteiger partial charge in [-0.25, -0.2) is 0 Å². The standard InChI is InChI=1S/C12H14N4O/c13-4-6-16(7-5-14)8-9-17-12-3-1-2-11(15)10-12/h1-3,10H,6-9,15H2. The highest BCUT2D eigenvalue weighted by atomic mass is 16.5. The van der Waals surface area contributed by atoms with Crippen LogP contribution in [0, 0.1) is 22.7 Å². The Labute approximate surface area is 101 Å². The van der Waals surface area contributed by atoms with Crippen molar-refractivity contribution in [2.24, 2.45) is 0 Å². The molecule has 0 bridgehead atoms. The number of hydrogen-bond donors (Lipinski definition) is 1. The molecule has 0 radical (unpaired) electrons. The lowest BCUT2D eigenvalue weighted by atomic mass is 10.3. The van der Waals surface area contributed by atoms with Crippen molar-refractivity contribution in [2.75, 3.05) is 32.0 Å². The Morgan fingerprint density at radius 3 is 2.53 bits per heavy atom. The van der Waals surface area contributed by atoms with E-state index >= 15 is 0 Å². The zero-order valence-electron chi connectivity index (χ0n) is 9.47. The van der Waals surface area contributed by atoms with Crippen LogP contribution in [0.5, 0.6) is 5.75 Å². The summed E-state index contributed by atoms with van der Waals surface area (Å²) in [5.74, 6) is 0.693. The van der Waals surface area contributed by atoms with Crippen LogP contribution in [0.2, 0.25) is 0 Å². The smallest absolute Gasteiger partial charge is 0.121 e. The molecule has 0 fully saturated rings. The Balaban J connectivity index is 2.36. The molecule has 1 rings (SSSR count). The van der Waals surface area contributed by atoms with E-state index in [0.717, 1.165) is 0 Å². The van der Waals surface area contributed by atoms with E-state index in [1.54, 1.807) is 17.0 Å². The van der Waals surface area contributed by atoms with Crippen LogP contribution in [0.15, 0.2) is 24.3 Å². The minimum Gasteiger partial charge on any atom is -0.492 e. The second-order valence-electron chi connectivity index (χ2n) is 3.45. The molecule has 2 N–H and O–H groups in total. The van der Waals surface area contributed by atoms with Gasteiger partial charge in [0.2, 0.25) is 0 Å². The summed E-state index contributed by atoms with van der Waals surface area (Å²) in [7, 11) is 0. The molecule has 0 amide bonds. The maximum atomic E-state index is 8.56. The summed E-state index contributed by atoms with van der Waals surface area (Å²) < 4.78 is 5.47. The van der Waals surface area contributed by atoms with Crippen molar-refractivity contribution in [3.8, 4) is 17.9 Å². The minimum atomic E-state index is 0.230. The van der Waals surface area contributed by atoms with Crippen molar-refractivity contribution < 1.29 is 4.74 Å². The molecular weight excluding hydrogens is 216 g/mol. The molecule has 0 aliphatic rings. The molecule has 1 aromatic carbocycles. The summed E-state index contributed by atoms with van der Waals surface area (Å²) in [6.07, 6.45) is 0. The summed E-state index contributed by atoms with van der Waals surface area (Å²) in [5, 5.41) is 17.1. The van der Waals surface area contributed by atoms with E-state index in [-0.39, 0.29) is 13.1 Å². The first kappa shape index (κ1) is 12.8. The van der Waals surface area contributed by atoms with Gasteiger partial charge >= 0.3 is 0 Å². The van der Waals surface area contributed by atoms with E-state index < -0.39 is 0 Å². The average Bonchev–Trinajstić information content (AvgIpc) is 2.30. The number of anilines is 1. The fourth-order valence-electron chi connectivity index (χ4n) is 1.31.